The van der Waals surface area contributed by atoms with Crippen LogP contribution in [0.1, 0.15) is 11.6 Å². The van der Waals surface area contributed by atoms with E-state index in [2.05, 4.69) is 14.7 Å². The Morgan fingerprint density at radius 3 is 3.08 bits per heavy atom. The van der Waals surface area contributed by atoms with Crippen molar-refractivity contribution in [3.8, 4) is 0 Å². The highest BCUT2D eigenvalue weighted by Crippen LogP contribution is 2.11. The molecule has 0 amide bonds. The lowest BCUT2D eigenvalue weighted by Gasteiger charge is -2.08. The van der Waals surface area contributed by atoms with Crippen LogP contribution in [-0.2, 0) is 9.53 Å². The van der Waals surface area contributed by atoms with Crippen LogP contribution in [0.3, 0.4) is 0 Å². The molecule has 0 spiro atoms. The van der Waals surface area contributed by atoms with E-state index < -0.39 is 5.92 Å². The average molecular weight is 169 g/mol. The first-order valence-electron chi connectivity index (χ1n) is 3.56. The van der Waals surface area contributed by atoms with Crippen LogP contribution in [0.2, 0.25) is 0 Å². The van der Waals surface area contributed by atoms with Gasteiger partial charge in [-0.1, -0.05) is 0 Å². The third kappa shape index (κ3) is 1.62. The number of aromatic nitrogens is 2. The van der Waals surface area contributed by atoms with Gasteiger partial charge in [0.2, 0.25) is 0 Å². The lowest BCUT2D eigenvalue weighted by atomic mass is 10.1. The standard InChI is InChI=1S/C7H11N3O2/c1-12-7(11)5(2-8)6-3-9-4-10-6/h3-5H,2,8H2,1H3,(H,9,10). The molecule has 5 nitrogen and oxygen atoms in total. The molecule has 0 aliphatic rings. The molecular formula is C7H11N3O2. The van der Waals surface area contributed by atoms with E-state index in [1.165, 1.54) is 13.4 Å². The number of nitrogens with two attached hydrogens (primary N) is 1. The van der Waals surface area contributed by atoms with Crippen LogP contribution >= 0.6 is 0 Å². The number of nitrogens with one attached hydrogen (secondary N) is 1. The fourth-order valence-electron chi connectivity index (χ4n) is 0.942. The van der Waals surface area contributed by atoms with Crippen LogP contribution in [0.25, 0.3) is 0 Å². The SMILES string of the molecule is COC(=O)C(CN)c1c[nH]cn1. The van der Waals surface area contributed by atoms with Gasteiger partial charge in [0.05, 0.1) is 19.1 Å². The first-order valence-corrected chi connectivity index (χ1v) is 3.56. The summed E-state index contributed by atoms with van der Waals surface area (Å²) in [7, 11) is 1.33. The smallest absolute Gasteiger partial charge is 0.316 e. The normalized spacial score (nSPS) is 12.5. The van der Waals surface area contributed by atoms with Gasteiger partial charge in [-0.2, -0.15) is 0 Å². The molecule has 1 aromatic heterocycles. The number of esters is 1. The summed E-state index contributed by atoms with van der Waals surface area (Å²) in [6, 6.07) is 0. The second-order valence-corrected chi connectivity index (χ2v) is 2.31. The molecule has 1 aromatic rings. The van der Waals surface area contributed by atoms with E-state index in [9.17, 15) is 4.79 Å². The highest BCUT2D eigenvalue weighted by molar-refractivity contribution is 5.77. The highest BCUT2D eigenvalue weighted by Gasteiger charge is 2.20. The summed E-state index contributed by atoms with van der Waals surface area (Å²) in [5, 5.41) is 0. The van der Waals surface area contributed by atoms with Crippen LogP contribution in [0.15, 0.2) is 12.5 Å². The number of ether oxygens (including phenoxy) is 1. The molecule has 0 radical (unpaired) electrons. The van der Waals surface area contributed by atoms with Crippen LogP contribution < -0.4 is 5.73 Å². The van der Waals surface area contributed by atoms with E-state index in [-0.39, 0.29) is 12.5 Å². The Labute approximate surface area is 69.9 Å². The minimum absolute atomic E-state index is 0.206. The summed E-state index contributed by atoms with van der Waals surface area (Å²) in [4.78, 5) is 17.8. The number of hydrogen-bond acceptors (Lipinski definition) is 4. The zero-order valence-electron chi connectivity index (χ0n) is 6.78. The third-order valence-electron chi connectivity index (χ3n) is 1.60. The van der Waals surface area contributed by atoms with Gasteiger partial charge in [-0.25, -0.2) is 4.98 Å². The molecule has 1 rings (SSSR count). The summed E-state index contributed by atoms with van der Waals surface area (Å²) in [6.07, 6.45) is 3.13. The number of nitrogens with zero attached hydrogens (tertiary/aromatic N) is 1. The first-order chi connectivity index (χ1) is 5.79. The van der Waals surface area contributed by atoms with Crippen LogP contribution in [0.4, 0.5) is 0 Å². The van der Waals surface area contributed by atoms with Crippen molar-refractivity contribution < 1.29 is 9.53 Å². The largest absolute Gasteiger partial charge is 0.468 e. The van der Waals surface area contributed by atoms with Crippen molar-refractivity contribution in [2.24, 2.45) is 5.73 Å². The van der Waals surface area contributed by atoms with Gasteiger partial charge in [-0.15, -0.1) is 0 Å². The van der Waals surface area contributed by atoms with Crippen molar-refractivity contribution in [3.63, 3.8) is 0 Å². The van der Waals surface area contributed by atoms with E-state index in [0.29, 0.717) is 5.69 Å². The molecule has 0 aliphatic heterocycles. The van der Waals surface area contributed by atoms with Crippen molar-refractivity contribution in [3.05, 3.63) is 18.2 Å². The van der Waals surface area contributed by atoms with Crippen molar-refractivity contribution in [2.75, 3.05) is 13.7 Å². The van der Waals surface area contributed by atoms with Crippen molar-refractivity contribution in [2.45, 2.75) is 5.92 Å². The molecule has 1 heterocycles. The highest BCUT2D eigenvalue weighted by atomic mass is 16.5. The number of carbonyl (C=O) groups excluding carboxylic acids is 1. The van der Waals surface area contributed by atoms with E-state index in [1.54, 1.807) is 6.20 Å². The zero-order valence-corrected chi connectivity index (χ0v) is 6.78. The maximum atomic E-state index is 11.1. The minimum atomic E-state index is -0.457. The van der Waals surface area contributed by atoms with Crippen LogP contribution in [-0.4, -0.2) is 29.6 Å². The molecule has 5 heteroatoms. The fraction of sp³-hybridized carbons (Fsp3) is 0.429. The van der Waals surface area contributed by atoms with Gasteiger partial charge < -0.3 is 15.5 Å². The maximum Gasteiger partial charge on any atom is 0.316 e. The molecule has 0 aliphatic carbocycles. The van der Waals surface area contributed by atoms with Gasteiger partial charge in [0, 0.05) is 12.7 Å². The molecule has 1 atom stereocenters. The van der Waals surface area contributed by atoms with Gasteiger partial charge >= 0.3 is 5.97 Å². The quantitative estimate of drug-likeness (QED) is 0.604. The summed E-state index contributed by atoms with van der Waals surface area (Å²) in [5.74, 6) is -0.814. The molecule has 1 unspecified atom stereocenters. The van der Waals surface area contributed by atoms with E-state index >= 15 is 0 Å². The van der Waals surface area contributed by atoms with Crippen LogP contribution in [0, 0.1) is 0 Å². The number of hydrogen-bond donors (Lipinski definition) is 2. The van der Waals surface area contributed by atoms with Gasteiger partial charge in [0.1, 0.15) is 5.92 Å². The number of rotatable bonds is 3. The summed E-state index contributed by atoms with van der Waals surface area (Å²) in [5.41, 5.74) is 6.00. The molecular weight excluding hydrogens is 158 g/mol. The molecule has 3 N–H and O–H groups in total. The van der Waals surface area contributed by atoms with Gasteiger partial charge in [-0.05, 0) is 0 Å². The molecule has 12 heavy (non-hydrogen) atoms. The second-order valence-electron chi connectivity index (χ2n) is 2.31. The molecule has 0 saturated heterocycles. The fourth-order valence-corrected chi connectivity index (χ4v) is 0.942. The van der Waals surface area contributed by atoms with Gasteiger partial charge in [0.15, 0.2) is 0 Å². The zero-order chi connectivity index (χ0) is 8.97. The molecule has 0 aromatic carbocycles. The summed E-state index contributed by atoms with van der Waals surface area (Å²) < 4.78 is 4.55. The molecule has 0 fully saturated rings. The average Bonchev–Trinajstić information content (AvgIpc) is 2.58. The Morgan fingerprint density at radius 2 is 2.67 bits per heavy atom. The van der Waals surface area contributed by atoms with E-state index in [4.69, 9.17) is 5.73 Å². The van der Waals surface area contributed by atoms with Gasteiger partial charge in [-0.3, -0.25) is 4.79 Å². The number of imidazole rings is 1. The maximum absolute atomic E-state index is 11.1. The van der Waals surface area contributed by atoms with E-state index in [0.717, 1.165) is 0 Å². The van der Waals surface area contributed by atoms with E-state index in [1.807, 2.05) is 0 Å². The molecule has 0 bridgehead atoms. The molecule has 66 valence electrons. The van der Waals surface area contributed by atoms with Crippen molar-refractivity contribution >= 4 is 5.97 Å². The number of carbonyl (C=O) groups is 1. The summed E-state index contributed by atoms with van der Waals surface area (Å²) >= 11 is 0. The first kappa shape index (κ1) is 8.73. The predicted octanol–water partition coefficient (Wildman–Crippen LogP) is -0.375. The lowest BCUT2D eigenvalue weighted by molar-refractivity contribution is -0.142. The number of H-pyrrole nitrogens is 1. The Hall–Kier alpha value is -1.36. The third-order valence-corrected chi connectivity index (χ3v) is 1.60. The molecule has 0 saturated carbocycles. The van der Waals surface area contributed by atoms with Crippen LogP contribution in [0.5, 0.6) is 0 Å². The Bertz CT molecular complexity index is 245. The second kappa shape index (κ2) is 3.87. The Kier molecular flexibility index (Phi) is 2.82. The summed E-state index contributed by atoms with van der Waals surface area (Å²) in [6.45, 7) is 0.206. The Morgan fingerprint density at radius 1 is 1.92 bits per heavy atom. The lowest BCUT2D eigenvalue weighted by Crippen LogP contribution is -2.23. The predicted molar refractivity (Wildman–Crippen MR) is 42.4 cm³/mol. The van der Waals surface area contributed by atoms with Crippen molar-refractivity contribution in [1.82, 2.24) is 9.97 Å². The minimum Gasteiger partial charge on any atom is -0.468 e. The monoisotopic (exact) mass is 169 g/mol. The number of aromatic amines is 1. The van der Waals surface area contributed by atoms with Gasteiger partial charge in [0.25, 0.3) is 0 Å². The van der Waals surface area contributed by atoms with Crippen molar-refractivity contribution in [1.29, 1.82) is 0 Å². The Balaban J connectivity index is 2.76. The number of methoxy groups -OCH3 is 1. The topological polar surface area (TPSA) is 81.0 Å².